The topological polar surface area (TPSA) is 51.5 Å². The Morgan fingerprint density at radius 1 is 1.57 bits per heavy atom. The Bertz CT molecular complexity index is 365. The zero-order chi connectivity index (χ0) is 11.6. The first-order chi connectivity index (χ1) is 6.85. The van der Waals surface area contributed by atoms with Gasteiger partial charge < -0.3 is 9.84 Å². The maximum Gasteiger partial charge on any atom is 0.421 e. The van der Waals surface area contributed by atoms with E-state index in [1.54, 1.807) is 20.8 Å². The monoisotopic (exact) mass is 199 g/mol. The van der Waals surface area contributed by atoms with Crippen molar-refractivity contribution in [2.24, 2.45) is 0 Å². The molecule has 4 heteroatoms. The number of rotatable bonds is 0. The lowest BCUT2D eigenvalue weighted by atomic mass is 10.2. The molecule has 14 heavy (non-hydrogen) atoms. The van der Waals surface area contributed by atoms with Crippen molar-refractivity contribution in [3.8, 4) is 5.88 Å². The summed E-state index contributed by atoms with van der Waals surface area (Å²) < 4.78 is 13.3. The maximum atomic E-state index is 11.6. The van der Waals surface area contributed by atoms with E-state index < -0.39 is 11.7 Å². The fourth-order valence-corrected chi connectivity index (χ4v) is 0.985. The molecular weight excluding hydrogens is 182 g/mol. The van der Waals surface area contributed by atoms with Gasteiger partial charge in [0.25, 0.3) is 0 Å². The summed E-state index contributed by atoms with van der Waals surface area (Å²) in [5.41, 5.74) is -0.214. The summed E-state index contributed by atoms with van der Waals surface area (Å²) in [4.78, 5) is 11.6. The molecule has 1 heterocycles. The molecule has 0 radical (unpaired) electrons. The molecule has 0 amide bonds. The second-order valence-corrected chi connectivity index (χ2v) is 4.00. The first-order valence-corrected chi connectivity index (χ1v) is 4.27. The molecule has 1 aromatic heterocycles. The van der Waals surface area contributed by atoms with E-state index in [-0.39, 0.29) is 12.8 Å². The highest BCUT2D eigenvalue weighted by Crippen LogP contribution is 2.17. The van der Waals surface area contributed by atoms with Crippen LogP contribution in [0.15, 0.2) is 12.1 Å². The van der Waals surface area contributed by atoms with Crippen molar-refractivity contribution in [3.05, 3.63) is 17.8 Å². The van der Waals surface area contributed by atoms with Gasteiger partial charge in [-0.05, 0) is 33.7 Å². The third-order valence-corrected chi connectivity index (χ3v) is 1.52. The highest BCUT2D eigenvalue weighted by Gasteiger charge is 2.20. The molecule has 0 saturated carbocycles. The van der Waals surface area contributed by atoms with E-state index in [4.69, 9.17) is 6.11 Å². The normalized spacial score (nSPS) is 12.4. The Morgan fingerprint density at radius 3 is 2.71 bits per heavy atom. The summed E-state index contributed by atoms with van der Waals surface area (Å²) in [6.45, 7) is 5.14. The molecule has 0 aliphatic heterocycles. The lowest BCUT2D eigenvalue weighted by molar-refractivity contribution is 0.0522. The van der Waals surface area contributed by atoms with Crippen molar-refractivity contribution in [2.45, 2.75) is 33.3 Å². The fraction of sp³-hybridized carbons (Fsp3) is 0.500. The third-order valence-electron chi connectivity index (χ3n) is 1.52. The molecule has 1 aromatic rings. The quantitative estimate of drug-likeness (QED) is 0.697. The first kappa shape index (κ1) is 9.12. The number of carbonyl (C=O) groups excluding carboxylic acids is 1. The third kappa shape index (κ3) is 2.28. The highest BCUT2D eigenvalue weighted by molar-refractivity contribution is 5.74. The highest BCUT2D eigenvalue weighted by atomic mass is 16.6. The predicted molar refractivity (Wildman–Crippen MR) is 52.5 cm³/mol. The predicted octanol–water partition coefficient (Wildman–Crippen LogP) is 2.29. The molecule has 0 saturated heterocycles. The number of aryl methyl sites for hydroxylation is 1. The standard InChI is InChI=1S/C10H15NO3/c1-7-5-6-8(12)11(7)9(13)14-10(2,3)4/h5-6,12H,1-4H3/i1T. The van der Waals surface area contributed by atoms with Gasteiger partial charge in [-0.15, -0.1) is 0 Å². The SMILES string of the molecule is [3H]Cc1ccc(O)n1C(=O)OC(C)(C)C. The van der Waals surface area contributed by atoms with Crippen LogP contribution in [0, 0.1) is 6.90 Å². The largest absolute Gasteiger partial charge is 0.494 e. The molecule has 0 unspecified atom stereocenters. The molecule has 0 spiro atoms. The van der Waals surface area contributed by atoms with E-state index in [9.17, 15) is 9.90 Å². The number of nitrogens with zero attached hydrogens (tertiary/aromatic N) is 1. The van der Waals surface area contributed by atoms with Gasteiger partial charge >= 0.3 is 6.09 Å². The van der Waals surface area contributed by atoms with Crippen molar-refractivity contribution in [1.82, 2.24) is 4.57 Å². The molecule has 0 aromatic carbocycles. The van der Waals surface area contributed by atoms with Crippen LogP contribution in [0.3, 0.4) is 0 Å². The first-order valence-electron chi connectivity index (χ1n) is 4.98. The van der Waals surface area contributed by atoms with Crippen LogP contribution in [0.1, 0.15) is 27.8 Å². The molecule has 0 fully saturated rings. The van der Waals surface area contributed by atoms with Crippen molar-refractivity contribution < 1.29 is 16.0 Å². The molecule has 78 valence electrons. The Kier molecular flexibility index (Phi) is 2.19. The van der Waals surface area contributed by atoms with E-state index in [1.807, 2.05) is 0 Å². The van der Waals surface area contributed by atoms with Crippen molar-refractivity contribution in [3.63, 3.8) is 0 Å². The molecule has 0 atom stereocenters. The van der Waals surface area contributed by atoms with Gasteiger partial charge in [-0.2, -0.15) is 0 Å². The summed E-state index contributed by atoms with van der Waals surface area (Å²) >= 11 is 0. The molecule has 1 rings (SSSR count). The van der Waals surface area contributed by atoms with Gasteiger partial charge in [0.05, 0.1) is 0 Å². The number of hydrogen-bond acceptors (Lipinski definition) is 3. The van der Waals surface area contributed by atoms with Crippen LogP contribution in [0.25, 0.3) is 0 Å². The van der Waals surface area contributed by atoms with Gasteiger partial charge in [0.2, 0.25) is 5.88 Å². The van der Waals surface area contributed by atoms with E-state index in [0.29, 0.717) is 5.69 Å². The van der Waals surface area contributed by atoms with Gasteiger partial charge in [-0.1, -0.05) is 0 Å². The van der Waals surface area contributed by atoms with E-state index >= 15 is 0 Å². The van der Waals surface area contributed by atoms with Crippen molar-refractivity contribution >= 4 is 6.09 Å². The zero-order valence-corrected chi connectivity index (χ0v) is 8.57. The van der Waals surface area contributed by atoms with Crippen molar-refractivity contribution in [1.29, 1.82) is 0 Å². The van der Waals surface area contributed by atoms with Gasteiger partial charge in [0.15, 0.2) is 0 Å². The summed E-state index contributed by atoms with van der Waals surface area (Å²) in [6, 6.07) is 2.89. The zero-order valence-electron chi connectivity index (χ0n) is 9.57. The van der Waals surface area contributed by atoms with Crippen LogP contribution in [0.4, 0.5) is 4.79 Å². The molecule has 4 nitrogen and oxygen atoms in total. The number of aromatic nitrogens is 1. The molecule has 0 aliphatic carbocycles. The second-order valence-electron chi connectivity index (χ2n) is 4.00. The Hall–Kier alpha value is -1.45. The Balaban J connectivity index is 2.95. The van der Waals surface area contributed by atoms with Gasteiger partial charge in [0, 0.05) is 13.1 Å². The number of aromatic hydroxyl groups is 1. The average Bonchev–Trinajstić information content (AvgIpc) is 2.43. The van der Waals surface area contributed by atoms with Crippen LogP contribution >= 0.6 is 0 Å². The lowest BCUT2D eigenvalue weighted by Crippen LogP contribution is -2.27. The number of ether oxygens (including phenoxy) is 1. The smallest absolute Gasteiger partial charge is 0.421 e. The molecule has 1 N–H and O–H groups in total. The summed E-state index contributed by atoms with van der Waals surface area (Å²) in [5.74, 6) is -0.202. The number of carbonyl (C=O) groups is 1. The Morgan fingerprint density at radius 2 is 2.21 bits per heavy atom. The molecular formula is C10H15NO3. The lowest BCUT2D eigenvalue weighted by Gasteiger charge is -2.20. The van der Waals surface area contributed by atoms with Crippen molar-refractivity contribution in [2.75, 3.05) is 0 Å². The minimum absolute atomic E-state index is 0.0835. The fourth-order valence-electron chi connectivity index (χ4n) is 0.985. The second kappa shape index (κ2) is 3.36. The minimum Gasteiger partial charge on any atom is -0.494 e. The van der Waals surface area contributed by atoms with Gasteiger partial charge in [-0.25, -0.2) is 9.36 Å². The van der Waals surface area contributed by atoms with Crippen LogP contribution in [0.2, 0.25) is 0 Å². The minimum atomic E-state index is -0.660. The average molecular weight is 199 g/mol. The van der Waals surface area contributed by atoms with Crippen LogP contribution in [-0.4, -0.2) is 21.4 Å². The van der Waals surface area contributed by atoms with Crippen LogP contribution in [0.5, 0.6) is 5.88 Å². The van der Waals surface area contributed by atoms with E-state index in [0.717, 1.165) is 4.57 Å². The summed E-state index contributed by atoms with van der Waals surface area (Å²) in [7, 11) is 0. The molecule has 0 aliphatic rings. The summed E-state index contributed by atoms with van der Waals surface area (Å²) in [6.07, 6.45) is -0.660. The molecule has 0 bridgehead atoms. The van der Waals surface area contributed by atoms with Crippen LogP contribution < -0.4 is 0 Å². The van der Waals surface area contributed by atoms with Gasteiger partial charge in [-0.3, -0.25) is 0 Å². The number of hydrogen-bond donors (Lipinski definition) is 1. The summed E-state index contributed by atoms with van der Waals surface area (Å²) in [5, 5.41) is 9.41. The Labute approximate surface area is 84.5 Å². The maximum absolute atomic E-state index is 11.6. The van der Waals surface area contributed by atoms with Crippen LogP contribution in [-0.2, 0) is 4.74 Å². The van der Waals surface area contributed by atoms with E-state index in [1.165, 1.54) is 12.1 Å². The van der Waals surface area contributed by atoms with E-state index in [2.05, 4.69) is 0 Å². The van der Waals surface area contributed by atoms with Gasteiger partial charge in [0.1, 0.15) is 5.60 Å².